The number of pyridine rings is 1. The number of benzene rings is 1. The Labute approximate surface area is 163 Å². The molecule has 1 unspecified atom stereocenters. The van der Waals surface area contributed by atoms with Crippen molar-refractivity contribution >= 4 is 11.6 Å². The molecule has 0 fully saturated rings. The number of nitrogens with zero attached hydrogens (tertiary/aromatic N) is 2. The number of carbonyl (C=O) groups is 1. The first-order valence-electron chi connectivity index (χ1n) is 8.85. The molecule has 0 saturated carbocycles. The summed E-state index contributed by atoms with van der Waals surface area (Å²) in [5.74, 6) is 0.222. The van der Waals surface area contributed by atoms with E-state index >= 15 is 0 Å². The van der Waals surface area contributed by atoms with E-state index in [1.807, 2.05) is 38.1 Å². The minimum absolute atomic E-state index is 0.0724. The monoisotopic (exact) mass is 375 g/mol. The molecule has 3 rings (SSSR count). The van der Waals surface area contributed by atoms with Crippen molar-refractivity contribution in [2.45, 2.75) is 25.4 Å². The van der Waals surface area contributed by atoms with Gasteiger partial charge in [0.2, 0.25) is 11.6 Å². The highest BCUT2D eigenvalue weighted by Crippen LogP contribution is 2.28. The first-order chi connectivity index (χ1) is 13.4. The van der Waals surface area contributed by atoms with E-state index in [0.29, 0.717) is 11.4 Å². The highest BCUT2D eigenvalue weighted by atomic mass is 16.4. The third kappa shape index (κ3) is 4.11. The number of amides is 1. The Kier molecular flexibility index (Phi) is 5.57. The van der Waals surface area contributed by atoms with Crippen LogP contribution in [0.3, 0.4) is 0 Å². The first kappa shape index (κ1) is 19.3. The first-order valence-corrected chi connectivity index (χ1v) is 8.85. The molecule has 0 saturated heterocycles. The molecule has 0 radical (unpaired) electrons. The summed E-state index contributed by atoms with van der Waals surface area (Å²) < 4.78 is 5.14. The summed E-state index contributed by atoms with van der Waals surface area (Å²) in [7, 11) is 0. The van der Waals surface area contributed by atoms with Gasteiger partial charge in [-0.2, -0.15) is 0 Å². The van der Waals surface area contributed by atoms with E-state index in [1.54, 1.807) is 24.4 Å². The van der Waals surface area contributed by atoms with Crippen LogP contribution in [0, 0.1) is 6.57 Å². The molecule has 2 aromatic heterocycles. The van der Waals surface area contributed by atoms with Crippen LogP contribution in [0.2, 0.25) is 0 Å². The van der Waals surface area contributed by atoms with E-state index in [-0.39, 0.29) is 12.5 Å². The summed E-state index contributed by atoms with van der Waals surface area (Å²) in [4.78, 5) is 20.2. The third-order valence-electron chi connectivity index (χ3n) is 4.69. The molecule has 1 aromatic carbocycles. The lowest BCUT2D eigenvalue weighted by Crippen LogP contribution is -2.41. The van der Waals surface area contributed by atoms with Gasteiger partial charge in [0.15, 0.2) is 0 Å². The number of nitrogens with one attached hydrogen (secondary N) is 1. The van der Waals surface area contributed by atoms with Crippen molar-refractivity contribution in [2.24, 2.45) is 0 Å². The Bertz CT molecular complexity index is 987. The summed E-state index contributed by atoms with van der Waals surface area (Å²) in [5, 5.41) is 12.8. The molecule has 28 heavy (non-hydrogen) atoms. The molecule has 142 valence electrons. The zero-order chi connectivity index (χ0) is 20.1. The van der Waals surface area contributed by atoms with E-state index in [1.165, 1.54) is 12.5 Å². The summed E-state index contributed by atoms with van der Waals surface area (Å²) in [6, 6.07) is 12.7. The van der Waals surface area contributed by atoms with E-state index in [0.717, 1.165) is 16.7 Å². The molecular weight excluding hydrogens is 354 g/mol. The lowest BCUT2D eigenvalue weighted by Gasteiger charge is -2.25. The molecule has 0 aliphatic rings. The molecule has 0 aliphatic carbocycles. The molecule has 3 aromatic rings. The van der Waals surface area contributed by atoms with Crippen molar-refractivity contribution in [1.29, 1.82) is 0 Å². The largest absolute Gasteiger partial charge is 0.467 e. The summed E-state index contributed by atoms with van der Waals surface area (Å²) in [6.07, 6.45) is 3.82. The number of rotatable bonds is 6. The van der Waals surface area contributed by atoms with Gasteiger partial charge in [0, 0.05) is 12.4 Å². The maximum absolute atomic E-state index is 12.7. The maximum Gasteiger partial charge on any atom is 0.230 e. The van der Waals surface area contributed by atoms with Gasteiger partial charge in [-0.3, -0.25) is 9.78 Å². The zero-order valence-corrected chi connectivity index (χ0v) is 15.7. The summed E-state index contributed by atoms with van der Waals surface area (Å²) in [5.41, 5.74) is 2.32. The van der Waals surface area contributed by atoms with Crippen molar-refractivity contribution in [3.63, 3.8) is 0 Å². The zero-order valence-electron chi connectivity index (χ0n) is 15.7. The van der Waals surface area contributed by atoms with Gasteiger partial charge in [-0.05, 0) is 48.7 Å². The second-order valence-corrected chi connectivity index (χ2v) is 6.99. The molecular formula is C22H21N3O3. The molecule has 2 heterocycles. The molecule has 0 aliphatic heterocycles. The lowest BCUT2D eigenvalue weighted by molar-refractivity contribution is -0.126. The van der Waals surface area contributed by atoms with Crippen molar-refractivity contribution in [1.82, 2.24) is 10.3 Å². The second kappa shape index (κ2) is 8.07. The fraction of sp³-hybridized carbons (Fsp3) is 0.227. The summed E-state index contributed by atoms with van der Waals surface area (Å²) in [6.45, 7) is 10.8. The van der Waals surface area contributed by atoms with Gasteiger partial charge in [0.05, 0.1) is 24.8 Å². The Morgan fingerprint density at radius 2 is 2.00 bits per heavy atom. The van der Waals surface area contributed by atoms with Crippen LogP contribution in [-0.2, 0) is 10.2 Å². The van der Waals surface area contributed by atoms with Crippen LogP contribution in [0.15, 0.2) is 65.5 Å². The number of carbonyl (C=O) groups excluding carboxylic acids is 1. The van der Waals surface area contributed by atoms with Gasteiger partial charge in [0.1, 0.15) is 11.9 Å². The molecule has 0 spiro atoms. The van der Waals surface area contributed by atoms with Crippen LogP contribution in [-0.4, -0.2) is 22.5 Å². The average molecular weight is 375 g/mol. The molecule has 2 N–H and O–H groups in total. The Balaban J connectivity index is 1.70. The van der Waals surface area contributed by atoms with Gasteiger partial charge in [-0.25, -0.2) is 4.85 Å². The maximum atomic E-state index is 12.7. The predicted molar refractivity (Wildman–Crippen MR) is 106 cm³/mol. The predicted octanol–water partition coefficient (Wildman–Crippen LogP) is 4.02. The Hall–Kier alpha value is -3.43. The molecule has 1 atom stereocenters. The Morgan fingerprint density at radius 3 is 2.64 bits per heavy atom. The number of aliphatic hydroxyl groups excluding tert-OH is 1. The number of aliphatic hydroxyl groups is 1. The van der Waals surface area contributed by atoms with Crippen molar-refractivity contribution in [2.75, 3.05) is 6.54 Å². The SMILES string of the molecule is [C-]#[N+]c1cncc(-c2ccc(C(C)(C)C(=O)NCC(O)c3ccco3)cc2)c1. The number of aromatic nitrogens is 1. The number of furan rings is 1. The van der Waals surface area contributed by atoms with Crippen LogP contribution in [0.5, 0.6) is 0 Å². The minimum atomic E-state index is -0.889. The second-order valence-electron chi connectivity index (χ2n) is 6.99. The molecule has 6 heteroatoms. The number of hydrogen-bond acceptors (Lipinski definition) is 4. The van der Waals surface area contributed by atoms with Crippen molar-refractivity contribution in [3.05, 3.63) is 83.9 Å². The van der Waals surface area contributed by atoms with Crippen LogP contribution in [0.4, 0.5) is 5.69 Å². The van der Waals surface area contributed by atoms with Crippen LogP contribution in [0.25, 0.3) is 16.0 Å². The van der Waals surface area contributed by atoms with Gasteiger partial charge in [0.25, 0.3) is 0 Å². The highest BCUT2D eigenvalue weighted by Gasteiger charge is 2.30. The smallest absolute Gasteiger partial charge is 0.230 e. The minimum Gasteiger partial charge on any atom is -0.467 e. The quantitative estimate of drug-likeness (QED) is 0.638. The number of hydrogen-bond donors (Lipinski definition) is 2. The lowest BCUT2D eigenvalue weighted by atomic mass is 9.83. The molecule has 1 amide bonds. The van der Waals surface area contributed by atoms with Gasteiger partial charge < -0.3 is 14.8 Å². The van der Waals surface area contributed by atoms with Gasteiger partial charge in [-0.15, -0.1) is 0 Å². The van der Waals surface area contributed by atoms with E-state index in [9.17, 15) is 9.90 Å². The van der Waals surface area contributed by atoms with E-state index in [2.05, 4.69) is 15.1 Å². The van der Waals surface area contributed by atoms with Crippen LogP contribution in [0.1, 0.15) is 31.3 Å². The third-order valence-corrected chi connectivity index (χ3v) is 4.69. The van der Waals surface area contributed by atoms with Gasteiger partial charge >= 0.3 is 0 Å². The average Bonchev–Trinajstić information content (AvgIpc) is 3.27. The summed E-state index contributed by atoms with van der Waals surface area (Å²) >= 11 is 0. The van der Waals surface area contributed by atoms with E-state index in [4.69, 9.17) is 11.0 Å². The van der Waals surface area contributed by atoms with Gasteiger partial charge in [-0.1, -0.05) is 24.3 Å². The topological polar surface area (TPSA) is 79.7 Å². The fourth-order valence-corrected chi connectivity index (χ4v) is 2.85. The fourth-order valence-electron chi connectivity index (χ4n) is 2.85. The molecule has 0 bridgehead atoms. The Morgan fingerprint density at radius 1 is 1.25 bits per heavy atom. The van der Waals surface area contributed by atoms with Crippen LogP contribution >= 0.6 is 0 Å². The standard InChI is InChI=1S/C22H21N3O3/c1-22(2,21(27)25-14-19(26)20-5-4-10-28-20)17-8-6-15(7-9-17)16-11-18(23-3)13-24-12-16/h4-13,19,26H,14H2,1-2H3,(H,25,27). The normalized spacial score (nSPS) is 12.2. The van der Waals surface area contributed by atoms with Crippen molar-refractivity contribution in [3.8, 4) is 11.1 Å². The van der Waals surface area contributed by atoms with Crippen LogP contribution < -0.4 is 5.32 Å². The van der Waals surface area contributed by atoms with Crippen molar-refractivity contribution < 1.29 is 14.3 Å². The van der Waals surface area contributed by atoms with E-state index < -0.39 is 11.5 Å². The molecule has 6 nitrogen and oxygen atoms in total. The highest BCUT2D eigenvalue weighted by molar-refractivity contribution is 5.87.